The third kappa shape index (κ3) is 8.32. The number of rotatable bonds is 0. The average Bonchev–Trinajstić information content (AvgIpc) is 2.84. The first-order valence-electron chi connectivity index (χ1n) is 8.41. The molecule has 2 aliphatic carbocycles. The van der Waals surface area contributed by atoms with Gasteiger partial charge in [0, 0.05) is 0 Å². The Morgan fingerprint density at radius 3 is 0.920 bits per heavy atom. The van der Waals surface area contributed by atoms with Crippen LogP contribution in [0.2, 0.25) is 0 Å². The first kappa shape index (κ1) is 30.2. The second kappa shape index (κ2) is 11.3. The van der Waals surface area contributed by atoms with Crippen molar-refractivity contribution in [2.45, 2.75) is 82.1 Å². The Labute approximate surface area is 188 Å². The van der Waals surface area contributed by atoms with Gasteiger partial charge in [-0.25, -0.2) is 11.1 Å². The summed E-state index contributed by atoms with van der Waals surface area (Å²) < 4.78 is 0. The first-order valence-corrected chi connectivity index (χ1v) is 8.41. The van der Waals surface area contributed by atoms with Crippen LogP contribution in [0.1, 0.15) is 82.1 Å². The number of hydrogen-bond donors (Lipinski definition) is 0. The zero-order valence-electron chi connectivity index (χ0n) is 17.7. The Morgan fingerprint density at radius 2 is 0.840 bits per heavy atom. The van der Waals surface area contributed by atoms with Gasteiger partial charge in [-0.1, -0.05) is 55.4 Å². The molecule has 0 saturated carbocycles. The van der Waals surface area contributed by atoms with E-state index < -0.39 is 0 Å². The summed E-state index contributed by atoms with van der Waals surface area (Å²) in [4.78, 5) is 0. The van der Waals surface area contributed by atoms with E-state index in [0.717, 1.165) is 12.8 Å². The molecular formula is C22H34Cl2Zr. The predicted octanol–water partition coefficient (Wildman–Crippen LogP) is 1.01. The van der Waals surface area contributed by atoms with Crippen LogP contribution in [0.3, 0.4) is 0 Å². The number of allylic oxidation sites excluding steroid dienone is 8. The van der Waals surface area contributed by atoms with Gasteiger partial charge in [-0.2, -0.15) is 22.3 Å². The van der Waals surface area contributed by atoms with Crippen LogP contribution in [0.25, 0.3) is 0 Å². The van der Waals surface area contributed by atoms with Crippen LogP contribution in [0, 0.1) is 23.0 Å². The molecule has 0 heterocycles. The molecule has 0 amide bonds. The van der Waals surface area contributed by atoms with Gasteiger partial charge in [-0.05, 0) is 10.8 Å². The van der Waals surface area contributed by atoms with Crippen molar-refractivity contribution >= 4 is 0 Å². The predicted molar refractivity (Wildman–Crippen MR) is 98.4 cm³/mol. The molecule has 0 fully saturated rings. The van der Waals surface area contributed by atoms with Crippen molar-refractivity contribution < 1.29 is 51.0 Å². The fourth-order valence-corrected chi connectivity index (χ4v) is 3.05. The Hall–Kier alpha value is 0.423. The molecule has 0 saturated heterocycles. The van der Waals surface area contributed by atoms with E-state index in [1.54, 1.807) is 0 Å². The summed E-state index contributed by atoms with van der Waals surface area (Å²) in [7, 11) is 0. The molecule has 2 rings (SSSR count). The minimum atomic E-state index is 0. The van der Waals surface area contributed by atoms with E-state index in [1.807, 2.05) is 0 Å². The molecule has 0 aliphatic heterocycles. The van der Waals surface area contributed by atoms with Gasteiger partial charge in [0.2, 0.25) is 0 Å². The van der Waals surface area contributed by atoms with Crippen LogP contribution in [-0.4, -0.2) is 0 Å². The smallest absolute Gasteiger partial charge is 1.00 e. The normalized spacial score (nSPS) is 16.9. The molecule has 0 aromatic rings. The third-order valence-corrected chi connectivity index (χ3v) is 4.59. The van der Waals surface area contributed by atoms with Crippen LogP contribution < -0.4 is 24.8 Å². The summed E-state index contributed by atoms with van der Waals surface area (Å²) in [5.41, 5.74) is 9.26. The Bertz CT molecular complexity index is 510. The molecule has 0 bridgehead atoms. The van der Waals surface area contributed by atoms with Gasteiger partial charge in [0.25, 0.3) is 0 Å². The SMILES string of the molecule is CC1=C(C)C(C(C)(C)C)=[C-]C1.CC1=C(C)C(C(C)(C)C)=[C-]C1.[Cl-].[Cl-].[Zr+4]. The van der Waals surface area contributed by atoms with E-state index in [2.05, 4.69) is 81.4 Å². The van der Waals surface area contributed by atoms with E-state index in [0.29, 0.717) is 0 Å². The molecule has 140 valence electrons. The van der Waals surface area contributed by atoms with E-state index in [4.69, 9.17) is 0 Å². The number of hydrogen-bond acceptors (Lipinski definition) is 0. The average molecular weight is 461 g/mol. The summed E-state index contributed by atoms with van der Waals surface area (Å²) in [6, 6.07) is 0. The summed E-state index contributed by atoms with van der Waals surface area (Å²) in [5, 5.41) is 0. The Morgan fingerprint density at radius 1 is 0.600 bits per heavy atom. The molecule has 0 unspecified atom stereocenters. The molecule has 0 N–H and O–H groups in total. The molecule has 0 aromatic heterocycles. The van der Waals surface area contributed by atoms with Crippen molar-refractivity contribution in [2.24, 2.45) is 10.8 Å². The quantitative estimate of drug-likeness (QED) is 0.474. The van der Waals surface area contributed by atoms with Gasteiger partial charge in [-0.15, -0.1) is 26.7 Å². The van der Waals surface area contributed by atoms with Crippen LogP contribution in [0.15, 0.2) is 33.4 Å². The summed E-state index contributed by atoms with van der Waals surface area (Å²) in [6.07, 6.45) is 8.96. The summed E-state index contributed by atoms with van der Waals surface area (Å²) >= 11 is 0. The Balaban J connectivity index is -0.000000346. The Kier molecular flexibility index (Phi) is 13.6. The summed E-state index contributed by atoms with van der Waals surface area (Å²) in [6.45, 7) is 22.3. The minimum absolute atomic E-state index is 0. The largest absolute Gasteiger partial charge is 4.00 e. The maximum absolute atomic E-state index is 3.44. The fourth-order valence-electron chi connectivity index (χ4n) is 3.05. The van der Waals surface area contributed by atoms with Gasteiger partial charge in [0.1, 0.15) is 0 Å². The van der Waals surface area contributed by atoms with Gasteiger partial charge in [0.15, 0.2) is 0 Å². The topological polar surface area (TPSA) is 0 Å². The zero-order chi connectivity index (χ0) is 17.3. The second-order valence-electron chi connectivity index (χ2n) is 8.77. The van der Waals surface area contributed by atoms with E-state index in [1.165, 1.54) is 33.4 Å². The number of halogens is 2. The molecule has 2 aliphatic rings. The van der Waals surface area contributed by atoms with Crippen LogP contribution in [0.4, 0.5) is 0 Å². The van der Waals surface area contributed by atoms with E-state index in [-0.39, 0.29) is 61.8 Å². The van der Waals surface area contributed by atoms with Crippen molar-refractivity contribution in [3.8, 4) is 0 Å². The van der Waals surface area contributed by atoms with Crippen molar-refractivity contribution in [3.63, 3.8) is 0 Å². The zero-order valence-corrected chi connectivity index (χ0v) is 21.6. The first-order chi connectivity index (χ1) is 9.85. The van der Waals surface area contributed by atoms with Crippen molar-refractivity contribution in [1.82, 2.24) is 0 Å². The molecule has 3 heteroatoms. The molecule has 0 radical (unpaired) electrons. The fraction of sp³-hybridized carbons (Fsp3) is 0.636. The van der Waals surface area contributed by atoms with Gasteiger partial charge in [-0.3, -0.25) is 12.2 Å². The van der Waals surface area contributed by atoms with Crippen LogP contribution in [0.5, 0.6) is 0 Å². The van der Waals surface area contributed by atoms with Gasteiger partial charge >= 0.3 is 26.2 Å². The standard InChI is InChI=1S/2C11H17.2ClH.Zr/c2*1-8-6-7-10(9(8)2)11(3,4)5;;;/h2*6H2,1-5H3;2*1H;/q2*-1;;;+4/p-2. The van der Waals surface area contributed by atoms with Gasteiger partial charge in [0.05, 0.1) is 0 Å². The molecular weight excluding hydrogens is 426 g/mol. The monoisotopic (exact) mass is 458 g/mol. The van der Waals surface area contributed by atoms with E-state index >= 15 is 0 Å². The third-order valence-electron chi connectivity index (χ3n) is 4.59. The molecule has 0 nitrogen and oxygen atoms in total. The van der Waals surface area contributed by atoms with Crippen molar-refractivity contribution in [3.05, 3.63) is 45.6 Å². The van der Waals surface area contributed by atoms with Crippen molar-refractivity contribution in [1.29, 1.82) is 0 Å². The maximum Gasteiger partial charge on any atom is 4.00 e. The second-order valence-corrected chi connectivity index (χ2v) is 8.77. The van der Waals surface area contributed by atoms with Crippen LogP contribution >= 0.6 is 0 Å². The van der Waals surface area contributed by atoms with Gasteiger partial charge < -0.3 is 24.8 Å². The molecule has 25 heavy (non-hydrogen) atoms. The molecule has 0 spiro atoms. The van der Waals surface area contributed by atoms with E-state index in [9.17, 15) is 0 Å². The van der Waals surface area contributed by atoms with Crippen LogP contribution in [-0.2, 0) is 26.2 Å². The minimum Gasteiger partial charge on any atom is -1.00 e. The van der Waals surface area contributed by atoms with Crippen molar-refractivity contribution in [2.75, 3.05) is 0 Å². The maximum atomic E-state index is 3.44. The molecule has 0 aromatic carbocycles. The molecule has 0 atom stereocenters. The summed E-state index contributed by atoms with van der Waals surface area (Å²) in [5.74, 6) is 0.